The predicted molar refractivity (Wildman–Crippen MR) is 88.4 cm³/mol. The Bertz CT molecular complexity index is 337. The minimum atomic E-state index is -6.00. The third kappa shape index (κ3) is 52.2. The third-order valence-corrected chi connectivity index (χ3v) is 1.59. The molecular formula is C11H24BCl3F4N2O2. The van der Waals surface area contributed by atoms with E-state index in [4.69, 9.17) is 39.9 Å². The molecule has 1 aromatic heterocycles. The molecule has 0 atom stereocenters. The van der Waals surface area contributed by atoms with E-state index in [-0.39, 0.29) is 12.1 Å². The van der Waals surface area contributed by atoms with Gasteiger partial charge in [0.05, 0.1) is 13.6 Å². The Hall–Kier alpha value is -0.215. The second-order valence-electron chi connectivity index (χ2n) is 3.73. The Morgan fingerprint density at radius 2 is 1.52 bits per heavy atom. The van der Waals surface area contributed by atoms with Gasteiger partial charge in [-0.1, -0.05) is 48.1 Å². The Labute approximate surface area is 149 Å². The highest BCUT2D eigenvalue weighted by atomic mass is 35.6. The van der Waals surface area contributed by atoms with Crippen molar-refractivity contribution in [3.8, 4) is 0 Å². The van der Waals surface area contributed by atoms with Crippen LogP contribution in [0.15, 0.2) is 18.7 Å². The number of nitrogens with zero attached hydrogens (tertiary/aromatic N) is 2. The number of imidazole rings is 1. The van der Waals surface area contributed by atoms with Crippen LogP contribution in [0.5, 0.6) is 0 Å². The van der Waals surface area contributed by atoms with Crippen LogP contribution in [0.4, 0.5) is 17.3 Å². The number of rotatable bonds is 3. The Balaban J connectivity index is -0.000000119. The maximum atomic E-state index is 9.75. The first-order valence-corrected chi connectivity index (χ1v) is 7.70. The topological polar surface area (TPSA) is 60.5 Å². The van der Waals surface area contributed by atoms with Crippen LogP contribution in [0.1, 0.15) is 26.7 Å². The lowest BCUT2D eigenvalue weighted by atomic mass is 10.3. The summed E-state index contributed by atoms with van der Waals surface area (Å²) in [6, 6.07) is 0. The summed E-state index contributed by atoms with van der Waals surface area (Å²) < 4.78 is 42.5. The number of unbranched alkanes of at least 4 members (excludes halogenated alkanes) is 1. The molecule has 1 heterocycles. The number of hydrogen-bond acceptors (Lipinski definition) is 1. The minimum absolute atomic E-state index is 0. The van der Waals surface area contributed by atoms with Crippen LogP contribution in [0.3, 0.4) is 0 Å². The first-order valence-electron chi connectivity index (χ1n) is 6.39. The molecule has 0 aromatic carbocycles. The zero-order chi connectivity index (χ0) is 18.2. The Morgan fingerprint density at radius 3 is 1.74 bits per heavy atom. The van der Waals surface area contributed by atoms with Crippen molar-refractivity contribution in [2.45, 2.75) is 37.5 Å². The average Bonchev–Trinajstić information content (AvgIpc) is 2.70. The lowest BCUT2D eigenvalue weighted by molar-refractivity contribution is -0.696. The fraction of sp³-hybridized carbons (Fsp3) is 0.727. The maximum absolute atomic E-state index is 9.75. The summed E-state index contributed by atoms with van der Waals surface area (Å²) in [7, 11) is -3.96. The van der Waals surface area contributed by atoms with Crippen LogP contribution in [-0.4, -0.2) is 33.3 Å². The van der Waals surface area contributed by atoms with E-state index >= 15 is 0 Å². The van der Waals surface area contributed by atoms with Gasteiger partial charge in [-0.05, 0) is 13.3 Å². The predicted octanol–water partition coefficient (Wildman–Crippen LogP) is 3.57. The molecule has 142 valence electrons. The molecule has 23 heavy (non-hydrogen) atoms. The molecule has 0 spiro atoms. The highest BCUT2D eigenvalue weighted by Crippen LogP contribution is 2.06. The number of aliphatic hydroxyl groups excluding tert-OH is 1. The molecule has 3 N–H and O–H groups in total. The number of aromatic nitrogens is 2. The van der Waals surface area contributed by atoms with Gasteiger partial charge in [-0.25, -0.2) is 9.13 Å². The highest BCUT2D eigenvalue weighted by molar-refractivity contribution is 6.63. The largest absolute Gasteiger partial charge is 0.673 e. The molecule has 0 bridgehead atoms. The van der Waals surface area contributed by atoms with Crippen LogP contribution < -0.4 is 4.57 Å². The van der Waals surface area contributed by atoms with E-state index in [1.807, 2.05) is 7.05 Å². The zero-order valence-corrected chi connectivity index (χ0v) is 15.5. The molecule has 0 unspecified atom stereocenters. The van der Waals surface area contributed by atoms with Gasteiger partial charge in [0.2, 0.25) is 6.33 Å². The maximum Gasteiger partial charge on any atom is 0.673 e. The molecular weight excluding hydrogens is 385 g/mol. The molecule has 0 amide bonds. The van der Waals surface area contributed by atoms with E-state index in [0.717, 1.165) is 6.54 Å². The monoisotopic (exact) mass is 408 g/mol. The molecule has 0 saturated heterocycles. The van der Waals surface area contributed by atoms with Gasteiger partial charge < -0.3 is 27.8 Å². The molecule has 0 aliphatic rings. The van der Waals surface area contributed by atoms with E-state index in [1.54, 1.807) is 6.92 Å². The van der Waals surface area contributed by atoms with Crippen LogP contribution in [-0.2, 0) is 13.6 Å². The summed E-state index contributed by atoms with van der Waals surface area (Å²) in [6.07, 6.45) is 8.82. The second-order valence-corrected chi connectivity index (χ2v) is 5.71. The summed E-state index contributed by atoms with van der Waals surface area (Å²) >= 11 is 14.4. The van der Waals surface area contributed by atoms with Gasteiger partial charge in [0, 0.05) is 6.61 Å². The van der Waals surface area contributed by atoms with E-state index in [0.29, 0.717) is 0 Å². The molecule has 0 saturated carbocycles. The normalized spacial score (nSPS) is 9.39. The molecule has 1 aromatic rings. The van der Waals surface area contributed by atoms with Gasteiger partial charge in [0.1, 0.15) is 12.4 Å². The molecule has 0 radical (unpaired) electrons. The van der Waals surface area contributed by atoms with E-state index < -0.39 is 11.5 Å². The molecule has 0 aliphatic carbocycles. The summed E-state index contributed by atoms with van der Waals surface area (Å²) in [5.74, 6) is 0. The van der Waals surface area contributed by atoms with Crippen LogP contribution >= 0.6 is 34.8 Å². The van der Waals surface area contributed by atoms with Crippen LogP contribution in [0.25, 0.3) is 0 Å². The smallest absolute Gasteiger partial charge is 0.418 e. The number of halogens is 7. The van der Waals surface area contributed by atoms with Crippen LogP contribution in [0.2, 0.25) is 0 Å². The Morgan fingerprint density at radius 1 is 1.17 bits per heavy atom. The van der Waals surface area contributed by atoms with Gasteiger partial charge in [-0.2, -0.15) is 0 Å². The SMILES string of the molecule is CCCC[n+]1ccn(C)c1.CCO.ClC(Cl)Cl.F[B-](F)(F)F.O. The van der Waals surface area contributed by atoms with Gasteiger partial charge in [0.25, 0.3) is 0 Å². The minimum Gasteiger partial charge on any atom is -0.418 e. The van der Waals surface area contributed by atoms with E-state index in [1.165, 1.54) is 12.8 Å². The molecule has 12 heteroatoms. The van der Waals surface area contributed by atoms with E-state index in [9.17, 15) is 17.3 Å². The highest BCUT2D eigenvalue weighted by Gasteiger charge is 2.20. The van der Waals surface area contributed by atoms with Gasteiger partial charge >= 0.3 is 7.25 Å². The van der Waals surface area contributed by atoms with Crippen molar-refractivity contribution in [3.63, 3.8) is 0 Å². The van der Waals surface area contributed by atoms with Crippen molar-refractivity contribution < 1.29 is 32.4 Å². The lowest BCUT2D eigenvalue weighted by Gasteiger charge is -1.94. The molecule has 0 fully saturated rings. The third-order valence-electron chi connectivity index (χ3n) is 1.59. The van der Waals surface area contributed by atoms with Gasteiger partial charge in [-0.15, -0.1) is 0 Å². The summed E-state index contributed by atoms with van der Waals surface area (Å²) in [4.78, 5) is 0. The van der Waals surface area contributed by atoms with Crippen LogP contribution in [0, 0.1) is 0 Å². The number of hydrogen-bond donors (Lipinski definition) is 1. The van der Waals surface area contributed by atoms with E-state index in [2.05, 4.69) is 34.8 Å². The standard InChI is InChI=1S/C8H15N2.C2H6O.CHCl3.BF4.H2O/c1-3-4-5-10-7-6-9(2)8-10;1-2-3;2-1(3)4;2-1(3,4)5;/h6-8H,3-5H2,1-2H3;3H,2H2,1H3;1H;;1H2/q+1;;;-1;. The number of aliphatic hydroxyl groups is 1. The quantitative estimate of drug-likeness (QED) is 0.353. The average molecular weight is 409 g/mol. The lowest BCUT2D eigenvalue weighted by Crippen LogP contribution is -2.30. The molecule has 0 aliphatic heterocycles. The van der Waals surface area contributed by atoms with Crippen molar-refractivity contribution in [1.29, 1.82) is 0 Å². The van der Waals surface area contributed by atoms with Gasteiger partial charge in [-0.3, -0.25) is 0 Å². The molecule has 1 rings (SSSR count). The van der Waals surface area contributed by atoms with Crippen molar-refractivity contribution in [1.82, 2.24) is 4.57 Å². The summed E-state index contributed by atoms with van der Waals surface area (Å²) in [6.45, 7) is 5.29. The van der Waals surface area contributed by atoms with Gasteiger partial charge in [0.15, 0.2) is 4.30 Å². The molecule has 4 nitrogen and oxygen atoms in total. The zero-order valence-electron chi connectivity index (χ0n) is 13.2. The van der Waals surface area contributed by atoms with Crippen molar-refractivity contribution >= 4 is 42.1 Å². The fourth-order valence-electron chi connectivity index (χ4n) is 0.975. The first kappa shape index (κ1) is 30.6. The fourth-order valence-corrected chi connectivity index (χ4v) is 0.975. The number of alkyl halides is 3. The Kier molecular flexibility index (Phi) is 26.4. The summed E-state index contributed by atoms with van der Waals surface area (Å²) in [5.41, 5.74) is 0. The first-order chi connectivity index (χ1) is 9.97. The van der Waals surface area contributed by atoms with Crippen molar-refractivity contribution in [3.05, 3.63) is 18.7 Å². The van der Waals surface area contributed by atoms with Crippen molar-refractivity contribution in [2.24, 2.45) is 7.05 Å². The second kappa shape index (κ2) is 19.8. The van der Waals surface area contributed by atoms with Crippen molar-refractivity contribution in [2.75, 3.05) is 6.61 Å². The summed E-state index contributed by atoms with van der Waals surface area (Å²) in [5, 5.41) is 7.57. The number of aryl methyl sites for hydroxylation is 2.